The maximum Gasteiger partial charge on any atom is 0.278 e. The molecule has 0 unspecified atom stereocenters. The van der Waals surface area contributed by atoms with Gasteiger partial charge in [-0.2, -0.15) is 4.31 Å². The highest BCUT2D eigenvalue weighted by atomic mass is 32.2. The average molecular weight is 536 g/mol. The summed E-state index contributed by atoms with van der Waals surface area (Å²) < 4.78 is 27.2. The van der Waals surface area contributed by atoms with E-state index in [-0.39, 0.29) is 16.4 Å². The molecule has 0 saturated carbocycles. The molecule has 2 saturated heterocycles. The van der Waals surface area contributed by atoms with Gasteiger partial charge in [-0.3, -0.25) is 9.78 Å². The van der Waals surface area contributed by atoms with Crippen LogP contribution in [0.15, 0.2) is 53.8 Å². The molecule has 0 atom stereocenters. The van der Waals surface area contributed by atoms with E-state index in [0.29, 0.717) is 30.0 Å². The van der Waals surface area contributed by atoms with Gasteiger partial charge in [0, 0.05) is 24.8 Å². The first-order chi connectivity index (χ1) is 18.4. The van der Waals surface area contributed by atoms with E-state index in [4.69, 9.17) is 5.73 Å². The highest BCUT2D eigenvalue weighted by Crippen LogP contribution is 2.25. The van der Waals surface area contributed by atoms with Crippen LogP contribution < -0.4 is 11.1 Å². The van der Waals surface area contributed by atoms with Crippen molar-refractivity contribution in [2.45, 2.75) is 43.4 Å². The van der Waals surface area contributed by atoms with Crippen LogP contribution >= 0.6 is 0 Å². The lowest BCUT2D eigenvalue weighted by atomic mass is 10.1. The van der Waals surface area contributed by atoms with Crippen molar-refractivity contribution in [3.05, 3.63) is 60.2 Å². The lowest BCUT2D eigenvalue weighted by molar-refractivity contribution is 0.102. The SMILES string of the molecule is Nc1ncc(-c2ccc(S(=O)(=O)N3CCCC3)cc2)nc1C(=O)Nc1cnccc1CCCN1CCCC1. The first-order valence-electron chi connectivity index (χ1n) is 13.1. The summed E-state index contributed by atoms with van der Waals surface area (Å²) in [6, 6.07) is 8.38. The van der Waals surface area contributed by atoms with Gasteiger partial charge < -0.3 is 16.0 Å². The van der Waals surface area contributed by atoms with Crippen molar-refractivity contribution in [3.63, 3.8) is 0 Å². The molecule has 1 amide bonds. The summed E-state index contributed by atoms with van der Waals surface area (Å²) in [4.78, 5) is 28.7. The van der Waals surface area contributed by atoms with Gasteiger partial charge in [-0.05, 0) is 81.9 Å². The van der Waals surface area contributed by atoms with E-state index in [2.05, 4.69) is 25.2 Å². The molecule has 10 nitrogen and oxygen atoms in total. The van der Waals surface area contributed by atoms with Crippen LogP contribution in [0.5, 0.6) is 0 Å². The molecule has 2 fully saturated rings. The van der Waals surface area contributed by atoms with Crippen molar-refractivity contribution in [1.82, 2.24) is 24.2 Å². The van der Waals surface area contributed by atoms with E-state index in [9.17, 15) is 13.2 Å². The number of hydrogen-bond acceptors (Lipinski definition) is 8. The minimum absolute atomic E-state index is 0.00290. The number of aryl methyl sites for hydroxylation is 1. The fourth-order valence-corrected chi connectivity index (χ4v) is 6.53. The monoisotopic (exact) mass is 535 g/mol. The van der Waals surface area contributed by atoms with Crippen LogP contribution in [0.3, 0.4) is 0 Å². The maximum atomic E-state index is 13.2. The molecule has 2 aromatic heterocycles. The number of carbonyl (C=O) groups excluding carboxylic acids is 1. The van der Waals surface area contributed by atoms with Crippen molar-refractivity contribution in [2.24, 2.45) is 0 Å². The Morgan fingerprint density at radius 3 is 2.42 bits per heavy atom. The summed E-state index contributed by atoms with van der Waals surface area (Å²) in [5.41, 5.74) is 8.71. The molecule has 5 rings (SSSR count). The van der Waals surface area contributed by atoms with Crippen LogP contribution in [-0.4, -0.2) is 71.2 Å². The number of pyridine rings is 1. The standard InChI is InChI=1S/C27H33N7O3S/c28-26-25(27(35)32-23-18-29-12-11-20(23)6-5-15-33-13-1-2-14-33)31-24(19-30-26)21-7-9-22(10-8-21)38(36,37)34-16-3-4-17-34/h7-12,18-19H,1-6,13-17H2,(H2,28,30)(H,32,35). The Labute approximate surface area is 223 Å². The van der Waals surface area contributed by atoms with Crippen molar-refractivity contribution < 1.29 is 13.2 Å². The molecule has 38 heavy (non-hydrogen) atoms. The highest BCUT2D eigenvalue weighted by molar-refractivity contribution is 7.89. The summed E-state index contributed by atoms with van der Waals surface area (Å²) >= 11 is 0. The average Bonchev–Trinajstić information content (AvgIpc) is 3.65. The number of anilines is 2. The molecule has 4 heterocycles. The molecular formula is C27H33N7O3S. The number of rotatable bonds is 9. The highest BCUT2D eigenvalue weighted by Gasteiger charge is 2.27. The smallest absolute Gasteiger partial charge is 0.278 e. The number of nitrogens with two attached hydrogens (primary N) is 1. The molecule has 2 aliphatic heterocycles. The Kier molecular flexibility index (Phi) is 7.96. The molecule has 3 aromatic rings. The number of nitrogens with zero attached hydrogens (tertiary/aromatic N) is 5. The van der Waals surface area contributed by atoms with Gasteiger partial charge in [0.05, 0.1) is 28.7 Å². The Bertz CT molecular complexity index is 1380. The van der Waals surface area contributed by atoms with E-state index >= 15 is 0 Å². The number of nitrogens with one attached hydrogen (secondary N) is 1. The Balaban J connectivity index is 1.29. The summed E-state index contributed by atoms with van der Waals surface area (Å²) in [5, 5.41) is 2.90. The molecular weight excluding hydrogens is 502 g/mol. The predicted octanol–water partition coefficient (Wildman–Crippen LogP) is 3.19. The van der Waals surface area contributed by atoms with Gasteiger partial charge in [0.25, 0.3) is 5.91 Å². The third kappa shape index (κ3) is 5.85. The topological polar surface area (TPSA) is 134 Å². The Hall–Kier alpha value is -3.41. The minimum Gasteiger partial charge on any atom is -0.382 e. The first-order valence-corrected chi connectivity index (χ1v) is 14.6. The van der Waals surface area contributed by atoms with Crippen molar-refractivity contribution in [2.75, 3.05) is 43.8 Å². The van der Waals surface area contributed by atoms with Gasteiger partial charge in [0.15, 0.2) is 11.5 Å². The van der Waals surface area contributed by atoms with Gasteiger partial charge in [-0.15, -0.1) is 0 Å². The van der Waals surface area contributed by atoms with E-state index in [1.165, 1.54) is 23.3 Å². The summed E-state index contributed by atoms with van der Waals surface area (Å²) in [5.74, 6) is -0.460. The maximum absolute atomic E-state index is 13.2. The predicted molar refractivity (Wildman–Crippen MR) is 146 cm³/mol. The lowest BCUT2D eigenvalue weighted by Gasteiger charge is -2.16. The van der Waals surface area contributed by atoms with Crippen LogP contribution in [-0.2, 0) is 16.4 Å². The fourth-order valence-electron chi connectivity index (χ4n) is 5.01. The van der Waals surface area contributed by atoms with Crippen LogP contribution in [0, 0.1) is 0 Å². The van der Waals surface area contributed by atoms with Gasteiger partial charge in [0.1, 0.15) is 0 Å². The summed E-state index contributed by atoms with van der Waals surface area (Å²) in [7, 11) is -3.51. The molecule has 2 aliphatic rings. The number of nitrogen functional groups attached to an aromatic ring is 1. The fraction of sp³-hybridized carbons (Fsp3) is 0.407. The number of sulfonamides is 1. The van der Waals surface area contributed by atoms with Crippen molar-refractivity contribution in [3.8, 4) is 11.3 Å². The first kappa shape index (κ1) is 26.2. The lowest BCUT2D eigenvalue weighted by Crippen LogP contribution is -2.27. The van der Waals surface area contributed by atoms with E-state index in [0.717, 1.165) is 50.9 Å². The van der Waals surface area contributed by atoms with Gasteiger partial charge in [-0.25, -0.2) is 18.4 Å². The van der Waals surface area contributed by atoms with E-state index < -0.39 is 15.9 Å². The molecule has 0 radical (unpaired) electrons. The van der Waals surface area contributed by atoms with Crippen LogP contribution in [0.1, 0.15) is 48.2 Å². The molecule has 0 aliphatic carbocycles. The quantitative estimate of drug-likeness (QED) is 0.427. The third-order valence-corrected chi connectivity index (χ3v) is 9.06. The molecule has 0 bridgehead atoms. The zero-order chi connectivity index (χ0) is 26.5. The van der Waals surface area contributed by atoms with E-state index in [1.807, 2.05) is 6.07 Å². The molecule has 11 heteroatoms. The number of amides is 1. The number of hydrogen-bond donors (Lipinski definition) is 2. The van der Waals surface area contributed by atoms with Gasteiger partial charge in [0.2, 0.25) is 10.0 Å². The second kappa shape index (κ2) is 11.5. The summed E-state index contributed by atoms with van der Waals surface area (Å²) in [6.07, 6.45) is 10.9. The Morgan fingerprint density at radius 2 is 1.68 bits per heavy atom. The largest absolute Gasteiger partial charge is 0.382 e. The van der Waals surface area contributed by atoms with Crippen molar-refractivity contribution >= 4 is 27.4 Å². The molecule has 1 aromatic carbocycles. The third-order valence-electron chi connectivity index (χ3n) is 7.15. The Morgan fingerprint density at radius 1 is 0.974 bits per heavy atom. The van der Waals surface area contributed by atoms with Gasteiger partial charge >= 0.3 is 0 Å². The molecule has 3 N–H and O–H groups in total. The van der Waals surface area contributed by atoms with E-state index in [1.54, 1.807) is 36.7 Å². The second-order valence-electron chi connectivity index (χ2n) is 9.76. The molecule has 0 spiro atoms. The number of aromatic nitrogens is 3. The number of benzene rings is 1. The number of carbonyl (C=O) groups is 1. The summed E-state index contributed by atoms with van der Waals surface area (Å²) in [6.45, 7) is 4.44. The van der Waals surface area contributed by atoms with Crippen LogP contribution in [0.2, 0.25) is 0 Å². The zero-order valence-electron chi connectivity index (χ0n) is 21.3. The van der Waals surface area contributed by atoms with Crippen LogP contribution in [0.25, 0.3) is 11.3 Å². The van der Waals surface area contributed by atoms with Crippen molar-refractivity contribution in [1.29, 1.82) is 0 Å². The van der Waals surface area contributed by atoms with Gasteiger partial charge in [-0.1, -0.05) is 12.1 Å². The minimum atomic E-state index is -3.51. The molecule has 200 valence electrons. The number of likely N-dealkylation sites (tertiary alicyclic amines) is 1. The van der Waals surface area contributed by atoms with Crippen LogP contribution in [0.4, 0.5) is 11.5 Å². The normalized spacial score (nSPS) is 16.6. The zero-order valence-corrected chi connectivity index (χ0v) is 22.2. The second-order valence-corrected chi connectivity index (χ2v) is 11.7.